The van der Waals surface area contributed by atoms with Gasteiger partial charge in [0, 0.05) is 23.9 Å². The highest BCUT2D eigenvalue weighted by molar-refractivity contribution is 5.78. The number of nitro benzene ring substituents is 1. The number of nitrogens with one attached hydrogen (secondary N) is 1. The van der Waals surface area contributed by atoms with Crippen molar-refractivity contribution < 1.29 is 22.5 Å². The number of nitrogens with zero attached hydrogens (tertiary/aromatic N) is 3. The van der Waals surface area contributed by atoms with E-state index in [0.717, 1.165) is 12.1 Å². The molecule has 10 heteroatoms. The van der Waals surface area contributed by atoms with Crippen molar-refractivity contribution in [2.24, 2.45) is 5.10 Å². The Kier molecular flexibility index (Phi) is 4.88. The Balaban J connectivity index is 1.64. The van der Waals surface area contributed by atoms with Crippen LogP contribution in [-0.2, 0) is 6.18 Å². The molecule has 0 amide bonds. The molecule has 0 radical (unpaired) electrons. The summed E-state index contributed by atoms with van der Waals surface area (Å²) in [4.78, 5) is 13.8. The number of aromatic nitrogens is 1. The molecule has 3 aromatic rings. The molecule has 0 aliphatic rings. The lowest BCUT2D eigenvalue weighted by Gasteiger charge is -2.06. The van der Waals surface area contributed by atoms with Crippen LogP contribution in [0.4, 0.5) is 24.7 Å². The van der Waals surface area contributed by atoms with E-state index < -0.39 is 16.7 Å². The number of nitro groups is 1. The Bertz CT molecular complexity index is 964. The first-order valence-corrected chi connectivity index (χ1v) is 7.50. The summed E-state index contributed by atoms with van der Waals surface area (Å²) in [5.41, 5.74) is 2.27. The fraction of sp³-hybridized carbons (Fsp3) is 0.0588. The van der Waals surface area contributed by atoms with Gasteiger partial charge in [-0.2, -0.15) is 18.3 Å². The molecule has 2 aromatic heterocycles. The Hall–Kier alpha value is -3.69. The number of anilines is 1. The lowest BCUT2D eigenvalue weighted by atomic mass is 10.1. The summed E-state index contributed by atoms with van der Waals surface area (Å²) in [6.45, 7) is 0. The summed E-state index contributed by atoms with van der Waals surface area (Å²) in [5, 5.41) is 14.5. The van der Waals surface area contributed by atoms with E-state index in [0.29, 0.717) is 23.3 Å². The summed E-state index contributed by atoms with van der Waals surface area (Å²) in [5.74, 6) is 1.00. The minimum atomic E-state index is -4.45. The van der Waals surface area contributed by atoms with Crippen LogP contribution in [0.1, 0.15) is 11.3 Å². The predicted molar refractivity (Wildman–Crippen MR) is 91.3 cm³/mol. The summed E-state index contributed by atoms with van der Waals surface area (Å²) < 4.78 is 42.9. The van der Waals surface area contributed by atoms with Crippen LogP contribution in [0.15, 0.2) is 64.2 Å². The average Bonchev–Trinajstić information content (AvgIpc) is 3.10. The summed E-state index contributed by atoms with van der Waals surface area (Å²) >= 11 is 0. The quantitative estimate of drug-likeness (QED) is 0.395. The largest absolute Gasteiger partial charge is 0.455 e. The van der Waals surface area contributed by atoms with Gasteiger partial charge in [-0.15, -0.1) is 0 Å². The van der Waals surface area contributed by atoms with Gasteiger partial charge in [0.15, 0.2) is 0 Å². The number of pyridine rings is 1. The molecule has 0 bridgehead atoms. The summed E-state index contributed by atoms with van der Waals surface area (Å²) in [7, 11) is 0. The molecule has 0 fully saturated rings. The highest BCUT2D eigenvalue weighted by atomic mass is 19.4. The van der Waals surface area contributed by atoms with Crippen molar-refractivity contribution in [1.82, 2.24) is 4.98 Å². The highest BCUT2D eigenvalue weighted by Gasteiger charge is 2.30. The molecule has 3 rings (SSSR count). The summed E-state index contributed by atoms with van der Waals surface area (Å²) in [6.07, 6.45) is -2.41. The first-order valence-electron chi connectivity index (χ1n) is 7.50. The van der Waals surface area contributed by atoms with Gasteiger partial charge in [-0.05, 0) is 36.4 Å². The molecule has 0 saturated carbocycles. The fourth-order valence-electron chi connectivity index (χ4n) is 2.11. The number of hydrogen-bond donors (Lipinski definition) is 1. The molecular formula is C17H11F3N4O3. The van der Waals surface area contributed by atoms with Crippen LogP contribution in [0.3, 0.4) is 0 Å². The Morgan fingerprint density at radius 1 is 1.11 bits per heavy atom. The third kappa shape index (κ3) is 4.48. The minimum Gasteiger partial charge on any atom is -0.455 e. The van der Waals surface area contributed by atoms with E-state index in [1.165, 1.54) is 18.3 Å². The Morgan fingerprint density at radius 3 is 2.44 bits per heavy atom. The zero-order valence-corrected chi connectivity index (χ0v) is 13.5. The number of non-ortho nitro benzene ring substituents is 1. The van der Waals surface area contributed by atoms with Crippen molar-refractivity contribution in [3.63, 3.8) is 0 Å². The van der Waals surface area contributed by atoms with Crippen molar-refractivity contribution >= 4 is 17.7 Å². The van der Waals surface area contributed by atoms with Gasteiger partial charge in [0.25, 0.3) is 5.69 Å². The van der Waals surface area contributed by atoms with Crippen LogP contribution < -0.4 is 5.43 Å². The fourth-order valence-corrected chi connectivity index (χ4v) is 2.11. The number of benzene rings is 1. The third-order valence-electron chi connectivity index (χ3n) is 3.45. The number of hydrazone groups is 1. The van der Waals surface area contributed by atoms with Gasteiger partial charge in [0.05, 0.1) is 16.7 Å². The maximum atomic E-state index is 12.5. The standard InChI is InChI=1S/C17H11F3N4O3/c18-17(19,20)12-3-8-16(21-9-12)23-22-10-14-6-7-15(27-14)11-1-4-13(5-2-11)24(25)26/h1-10H,(H,21,23)/b22-10-. The Morgan fingerprint density at radius 2 is 1.85 bits per heavy atom. The molecular weight excluding hydrogens is 365 g/mol. The molecule has 138 valence electrons. The molecule has 0 unspecified atom stereocenters. The van der Waals surface area contributed by atoms with Crippen LogP contribution in [0, 0.1) is 10.1 Å². The van der Waals surface area contributed by atoms with Crippen LogP contribution in [0.25, 0.3) is 11.3 Å². The van der Waals surface area contributed by atoms with E-state index in [1.54, 1.807) is 24.3 Å². The molecule has 0 atom stereocenters. The monoisotopic (exact) mass is 376 g/mol. The number of hydrogen-bond acceptors (Lipinski definition) is 6. The molecule has 1 N–H and O–H groups in total. The SMILES string of the molecule is O=[N+]([O-])c1ccc(-c2ccc(/C=N\Nc3ccc(C(F)(F)F)cn3)o2)cc1. The van der Waals surface area contributed by atoms with Crippen molar-refractivity contribution in [2.45, 2.75) is 6.18 Å². The topological polar surface area (TPSA) is 93.6 Å². The normalized spacial score (nSPS) is 11.7. The van der Waals surface area contributed by atoms with Gasteiger partial charge in [-0.1, -0.05) is 0 Å². The van der Waals surface area contributed by atoms with E-state index in [-0.39, 0.29) is 11.5 Å². The smallest absolute Gasteiger partial charge is 0.417 e. The van der Waals surface area contributed by atoms with E-state index in [1.807, 2.05) is 0 Å². The number of halogens is 3. The number of alkyl halides is 3. The molecule has 0 spiro atoms. The first kappa shape index (κ1) is 18.1. The van der Waals surface area contributed by atoms with Crippen molar-refractivity contribution in [3.8, 4) is 11.3 Å². The molecule has 1 aromatic carbocycles. The lowest BCUT2D eigenvalue weighted by Crippen LogP contribution is -2.05. The third-order valence-corrected chi connectivity index (χ3v) is 3.45. The van der Waals surface area contributed by atoms with Crippen LogP contribution in [0.2, 0.25) is 0 Å². The average molecular weight is 376 g/mol. The maximum absolute atomic E-state index is 12.5. The van der Waals surface area contributed by atoms with Gasteiger partial charge >= 0.3 is 6.18 Å². The molecule has 27 heavy (non-hydrogen) atoms. The highest BCUT2D eigenvalue weighted by Crippen LogP contribution is 2.29. The van der Waals surface area contributed by atoms with Gasteiger partial charge in [-0.3, -0.25) is 15.5 Å². The zero-order chi connectivity index (χ0) is 19.4. The minimum absolute atomic E-state index is 0.0275. The van der Waals surface area contributed by atoms with Gasteiger partial charge in [0.1, 0.15) is 17.3 Å². The second-order valence-electron chi connectivity index (χ2n) is 5.31. The molecule has 0 saturated heterocycles. The Labute approximate surface area is 150 Å². The maximum Gasteiger partial charge on any atom is 0.417 e. The van der Waals surface area contributed by atoms with Crippen molar-refractivity contribution in [3.05, 3.63) is 76.2 Å². The second kappa shape index (κ2) is 7.28. The van der Waals surface area contributed by atoms with Crippen LogP contribution in [0.5, 0.6) is 0 Å². The van der Waals surface area contributed by atoms with Crippen molar-refractivity contribution in [2.75, 3.05) is 5.43 Å². The summed E-state index contributed by atoms with van der Waals surface area (Å²) in [6, 6.07) is 11.2. The van der Waals surface area contributed by atoms with Crippen molar-refractivity contribution in [1.29, 1.82) is 0 Å². The van der Waals surface area contributed by atoms with Gasteiger partial charge < -0.3 is 4.42 Å². The van der Waals surface area contributed by atoms with E-state index in [2.05, 4.69) is 15.5 Å². The van der Waals surface area contributed by atoms with E-state index in [4.69, 9.17) is 4.42 Å². The number of furan rings is 1. The molecule has 2 heterocycles. The lowest BCUT2D eigenvalue weighted by molar-refractivity contribution is -0.384. The zero-order valence-electron chi connectivity index (χ0n) is 13.5. The number of rotatable bonds is 5. The molecule has 7 nitrogen and oxygen atoms in total. The molecule has 0 aliphatic carbocycles. The molecule has 0 aliphatic heterocycles. The van der Waals surface area contributed by atoms with Gasteiger partial charge in [0.2, 0.25) is 0 Å². The van der Waals surface area contributed by atoms with Gasteiger partial charge in [-0.25, -0.2) is 4.98 Å². The van der Waals surface area contributed by atoms with E-state index in [9.17, 15) is 23.3 Å². The van der Waals surface area contributed by atoms with Crippen LogP contribution in [-0.4, -0.2) is 16.1 Å². The predicted octanol–water partition coefficient (Wildman–Crippen LogP) is 4.71. The first-order chi connectivity index (χ1) is 12.8. The second-order valence-corrected chi connectivity index (χ2v) is 5.31. The van der Waals surface area contributed by atoms with E-state index >= 15 is 0 Å². The van der Waals surface area contributed by atoms with Crippen LogP contribution >= 0.6 is 0 Å².